The van der Waals surface area contributed by atoms with Crippen molar-refractivity contribution < 1.29 is 4.74 Å². The van der Waals surface area contributed by atoms with E-state index in [4.69, 9.17) is 4.74 Å². The molecule has 1 aromatic rings. The van der Waals surface area contributed by atoms with Crippen molar-refractivity contribution in [1.29, 1.82) is 0 Å². The molecule has 2 rings (SSSR count). The van der Waals surface area contributed by atoms with E-state index in [0.717, 1.165) is 12.2 Å². The van der Waals surface area contributed by atoms with Crippen molar-refractivity contribution in [2.75, 3.05) is 7.05 Å². The summed E-state index contributed by atoms with van der Waals surface area (Å²) in [6.07, 6.45) is 1.01. The first-order valence-electron chi connectivity index (χ1n) is 5.91. The molecule has 0 amide bonds. The molecule has 1 aromatic carbocycles. The molecule has 0 saturated carbocycles. The lowest BCUT2D eigenvalue weighted by atomic mass is 9.87. The number of rotatable bonds is 1. The fraction of sp³-hybridized carbons (Fsp3) is 0.571. The van der Waals surface area contributed by atoms with Crippen LogP contribution in [-0.2, 0) is 0 Å². The van der Waals surface area contributed by atoms with Gasteiger partial charge in [0.2, 0.25) is 0 Å². The van der Waals surface area contributed by atoms with Crippen LogP contribution in [0.4, 0.5) is 0 Å². The Balaban J connectivity index is 2.54. The van der Waals surface area contributed by atoms with E-state index in [1.54, 1.807) is 0 Å². The summed E-state index contributed by atoms with van der Waals surface area (Å²) >= 11 is 0. The summed E-state index contributed by atoms with van der Waals surface area (Å²) in [5.41, 5.74) is 3.78. The van der Waals surface area contributed by atoms with Crippen LogP contribution in [0.5, 0.6) is 5.75 Å². The smallest absolute Gasteiger partial charge is 0.128 e. The Labute approximate surface area is 98.0 Å². The van der Waals surface area contributed by atoms with E-state index in [1.807, 2.05) is 7.05 Å². The highest BCUT2D eigenvalue weighted by atomic mass is 16.5. The van der Waals surface area contributed by atoms with Gasteiger partial charge in [0, 0.05) is 18.0 Å². The molecule has 2 nitrogen and oxygen atoms in total. The van der Waals surface area contributed by atoms with Crippen LogP contribution in [0.3, 0.4) is 0 Å². The predicted molar refractivity (Wildman–Crippen MR) is 67.0 cm³/mol. The largest absolute Gasteiger partial charge is 0.487 e. The summed E-state index contributed by atoms with van der Waals surface area (Å²) in [5, 5.41) is 3.38. The molecular formula is C14H21NO. The second kappa shape index (κ2) is 3.77. The number of nitrogens with one attached hydrogen (secondary N) is 1. The van der Waals surface area contributed by atoms with Gasteiger partial charge in [-0.2, -0.15) is 0 Å². The highest BCUT2D eigenvalue weighted by molar-refractivity contribution is 5.48. The molecule has 0 aromatic heterocycles. The Bertz CT molecular complexity index is 409. The van der Waals surface area contributed by atoms with Gasteiger partial charge in [-0.15, -0.1) is 0 Å². The fourth-order valence-electron chi connectivity index (χ4n) is 2.40. The van der Waals surface area contributed by atoms with Gasteiger partial charge in [0.25, 0.3) is 0 Å². The summed E-state index contributed by atoms with van der Waals surface area (Å²) in [4.78, 5) is 0. The molecule has 2 heteroatoms. The maximum atomic E-state index is 6.12. The van der Waals surface area contributed by atoms with Crippen molar-refractivity contribution in [1.82, 2.24) is 5.32 Å². The first kappa shape index (κ1) is 11.5. The van der Waals surface area contributed by atoms with Gasteiger partial charge in [-0.1, -0.05) is 12.1 Å². The topological polar surface area (TPSA) is 21.3 Å². The highest BCUT2D eigenvalue weighted by Gasteiger charge is 2.33. The van der Waals surface area contributed by atoms with Crippen LogP contribution in [0.1, 0.15) is 43.0 Å². The first-order valence-corrected chi connectivity index (χ1v) is 5.91. The molecule has 0 bridgehead atoms. The van der Waals surface area contributed by atoms with E-state index < -0.39 is 0 Å². The number of ether oxygens (including phenoxy) is 1. The molecule has 88 valence electrons. The van der Waals surface area contributed by atoms with E-state index in [0.29, 0.717) is 6.04 Å². The molecule has 0 fully saturated rings. The quantitative estimate of drug-likeness (QED) is 0.783. The molecule has 1 atom stereocenters. The second-order valence-corrected chi connectivity index (χ2v) is 5.33. The lowest BCUT2D eigenvalue weighted by Crippen LogP contribution is -2.38. The van der Waals surface area contributed by atoms with Crippen LogP contribution in [-0.4, -0.2) is 12.6 Å². The zero-order valence-corrected chi connectivity index (χ0v) is 10.8. The maximum Gasteiger partial charge on any atom is 0.128 e. The molecule has 16 heavy (non-hydrogen) atoms. The van der Waals surface area contributed by atoms with E-state index in [1.165, 1.54) is 16.7 Å². The first-order chi connectivity index (χ1) is 7.44. The third-order valence-electron chi connectivity index (χ3n) is 3.51. The monoisotopic (exact) mass is 219 g/mol. The van der Waals surface area contributed by atoms with Gasteiger partial charge in [0.1, 0.15) is 11.4 Å². The molecule has 1 aliphatic heterocycles. The molecule has 1 N–H and O–H groups in total. The van der Waals surface area contributed by atoms with Crippen molar-refractivity contribution in [3.05, 3.63) is 28.8 Å². The predicted octanol–water partition coefficient (Wildman–Crippen LogP) is 3.13. The Hall–Kier alpha value is -1.02. The normalized spacial score (nSPS) is 22.4. The molecule has 1 unspecified atom stereocenters. The number of aryl methyl sites for hydroxylation is 1. The summed E-state index contributed by atoms with van der Waals surface area (Å²) in [7, 11) is 2.02. The lowest BCUT2D eigenvalue weighted by molar-refractivity contribution is 0.0665. The molecule has 0 radical (unpaired) electrons. The number of hydrogen-bond donors (Lipinski definition) is 1. The molecule has 0 saturated heterocycles. The second-order valence-electron chi connectivity index (χ2n) is 5.33. The van der Waals surface area contributed by atoms with Crippen LogP contribution in [0.15, 0.2) is 12.1 Å². The lowest BCUT2D eigenvalue weighted by Gasteiger charge is -2.38. The van der Waals surface area contributed by atoms with Gasteiger partial charge in [-0.25, -0.2) is 0 Å². The van der Waals surface area contributed by atoms with Gasteiger partial charge in [-0.05, 0) is 45.9 Å². The minimum Gasteiger partial charge on any atom is -0.487 e. The van der Waals surface area contributed by atoms with Crippen molar-refractivity contribution in [3.8, 4) is 5.75 Å². The average Bonchev–Trinajstić information content (AvgIpc) is 2.22. The van der Waals surface area contributed by atoms with E-state index in [2.05, 4.69) is 45.1 Å². The minimum absolute atomic E-state index is 0.0841. The SMILES string of the molecule is CNC1CC(C)(C)Oc2c1ccc(C)c2C. The van der Waals surface area contributed by atoms with Crippen molar-refractivity contribution in [2.24, 2.45) is 0 Å². The minimum atomic E-state index is -0.0841. The van der Waals surface area contributed by atoms with Crippen LogP contribution in [0.25, 0.3) is 0 Å². The van der Waals surface area contributed by atoms with E-state index in [9.17, 15) is 0 Å². The molecule has 1 heterocycles. The Morgan fingerprint density at radius 3 is 2.62 bits per heavy atom. The third-order valence-corrected chi connectivity index (χ3v) is 3.51. The van der Waals surface area contributed by atoms with Crippen LogP contribution in [0.2, 0.25) is 0 Å². The third kappa shape index (κ3) is 1.82. The van der Waals surface area contributed by atoms with Crippen LogP contribution >= 0.6 is 0 Å². The van der Waals surface area contributed by atoms with Crippen molar-refractivity contribution >= 4 is 0 Å². The highest BCUT2D eigenvalue weighted by Crippen LogP contribution is 2.41. The molecule has 1 aliphatic rings. The average molecular weight is 219 g/mol. The summed E-state index contributed by atoms with van der Waals surface area (Å²) in [6, 6.07) is 4.77. The van der Waals surface area contributed by atoms with Gasteiger partial charge < -0.3 is 10.1 Å². The Kier molecular flexibility index (Phi) is 2.70. The Morgan fingerprint density at radius 1 is 1.31 bits per heavy atom. The summed E-state index contributed by atoms with van der Waals surface area (Å²) in [6.45, 7) is 8.58. The number of fused-ring (bicyclic) bond motifs is 1. The van der Waals surface area contributed by atoms with Gasteiger partial charge in [-0.3, -0.25) is 0 Å². The van der Waals surface area contributed by atoms with Gasteiger partial charge in [0.05, 0.1) is 0 Å². The zero-order valence-electron chi connectivity index (χ0n) is 10.8. The van der Waals surface area contributed by atoms with Crippen LogP contribution < -0.4 is 10.1 Å². The van der Waals surface area contributed by atoms with Gasteiger partial charge >= 0.3 is 0 Å². The van der Waals surface area contributed by atoms with Gasteiger partial charge in [0.15, 0.2) is 0 Å². The van der Waals surface area contributed by atoms with Crippen LogP contribution in [0, 0.1) is 13.8 Å². The van der Waals surface area contributed by atoms with E-state index >= 15 is 0 Å². The Morgan fingerprint density at radius 2 is 2.00 bits per heavy atom. The van der Waals surface area contributed by atoms with E-state index in [-0.39, 0.29) is 5.60 Å². The molecule has 0 spiro atoms. The summed E-state index contributed by atoms with van der Waals surface area (Å²) < 4.78 is 6.12. The zero-order chi connectivity index (χ0) is 11.9. The fourth-order valence-corrected chi connectivity index (χ4v) is 2.40. The number of benzene rings is 1. The molecule has 0 aliphatic carbocycles. The maximum absolute atomic E-state index is 6.12. The number of hydrogen-bond acceptors (Lipinski definition) is 2. The van der Waals surface area contributed by atoms with Crippen molar-refractivity contribution in [2.45, 2.75) is 45.8 Å². The standard InChI is InChI=1S/C14H21NO/c1-9-6-7-11-12(15-5)8-14(3,4)16-13(11)10(9)2/h6-7,12,15H,8H2,1-5H3. The molecular weight excluding hydrogens is 198 g/mol. The van der Waals surface area contributed by atoms with Crippen molar-refractivity contribution in [3.63, 3.8) is 0 Å². The summed E-state index contributed by atoms with van der Waals surface area (Å²) in [5.74, 6) is 1.08.